The summed E-state index contributed by atoms with van der Waals surface area (Å²) in [4.78, 5) is 17.3. The van der Waals surface area contributed by atoms with Crippen molar-refractivity contribution in [1.29, 1.82) is 5.26 Å². The molecule has 0 saturated carbocycles. The molecule has 0 unspecified atom stereocenters. The van der Waals surface area contributed by atoms with Crippen molar-refractivity contribution in [3.05, 3.63) is 46.5 Å². The molecule has 2 aromatic rings. The molecule has 1 aromatic heterocycles. The second-order valence-electron chi connectivity index (χ2n) is 3.33. The van der Waals surface area contributed by atoms with Crippen LogP contribution >= 0.6 is 0 Å². The third kappa shape index (κ3) is 2.32. The Hall–Kier alpha value is -2.61. The lowest BCUT2D eigenvalue weighted by atomic mass is 10.1. The van der Waals surface area contributed by atoms with Gasteiger partial charge < -0.3 is 9.72 Å². The molecule has 17 heavy (non-hydrogen) atoms. The topological polar surface area (TPSA) is 78.8 Å². The highest BCUT2D eigenvalue weighted by Crippen LogP contribution is 2.19. The molecule has 5 heteroatoms. The largest absolute Gasteiger partial charge is 0.497 e. The lowest BCUT2D eigenvalue weighted by Gasteiger charge is -2.03. The zero-order chi connectivity index (χ0) is 12.3. The number of hydrogen-bond acceptors (Lipinski definition) is 4. The van der Waals surface area contributed by atoms with Gasteiger partial charge in [-0.05, 0) is 35.9 Å². The molecule has 0 saturated heterocycles. The van der Waals surface area contributed by atoms with Crippen molar-refractivity contribution >= 4 is 0 Å². The number of rotatable bonds is 2. The van der Waals surface area contributed by atoms with E-state index in [1.165, 1.54) is 6.07 Å². The van der Waals surface area contributed by atoms with Gasteiger partial charge in [-0.3, -0.25) is 0 Å². The monoisotopic (exact) mass is 227 g/mol. The van der Waals surface area contributed by atoms with E-state index in [-0.39, 0.29) is 5.69 Å². The summed E-state index contributed by atoms with van der Waals surface area (Å²) < 4.78 is 5.04. The second-order valence-corrected chi connectivity index (χ2v) is 3.33. The van der Waals surface area contributed by atoms with Gasteiger partial charge in [0.1, 0.15) is 17.5 Å². The molecule has 1 N–H and O–H groups in total. The predicted octanol–water partition coefficient (Wildman–Crippen LogP) is 1.32. The minimum absolute atomic E-state index is 0.0968. The van der Waals surface area contributed by atoms with Gasteiger partial charge in [0.25, 0.3) is 0 Å². The van der Waals surface area contributed by atoms with E-state index in [2.05, 4.69) is 9.97 Å². The number of H-pyrrole nitrogens is 1. The van der Waals surface area contributed by atoms with Gasteiger partial charge in [-0.1, -0.05) is 0 Å². The highest BCUT2D eigenvalue weighted by Gasteiger charge is 2.03. The van der Waals surface area contributed by atoms with E-state index in [0.29, 0.717) is 5.69 Å². The standard InChI is InChI=1S/C12H9N3O2/c1-17-10-4-2-8(3-5-10)11-6-9(7-13)14-12(16)15-11/h2-6H,1H3,(H,14,15,16). The Morgan fingerprint density at radius 2 is 2.06 bits per heavy atom. The predicted molar refractivity (Wildman–Crippen MR) is 61.6 cm³/mol. The summed E-state index contributed by atoms with van der Waals surface area (Å²) in [5.74, 6) is 0.727. The van der Waals surface area contributed by atoms with Crippen molar-refractivity contribution in [1.82, 2.24) is 9.97 Å². The lowest BCUT2D eigenvalue weighted by Crippen LogP contribution is -2.12. The average molecular weight is 227 g/mol. The first-order valence-electron chi connectivity index (χ1n) is 4.89. The van der Waals surface area contributed by atoms with Gasteiger partial charge in [0, 0.05) is 0 Å². The van der Waals surface area contributed by atoms with Crippen molar-refractivity contribution in [2.24, 2.45) is 0 Å². The highest BCUT2D eigenvalue weighted by atomic mass is 16.5. The molecule has 84 valence electrons. The minimum Gasteiger partial charge on any atom is -0.497 e. The number of nitrogens with zero attached hydrogens (tertiary/aromatic N) is 2. The molecular weight excluding hydrogens is 218 g/mol. The van der Waals surface area contributed by atoms with Crippen LogP contribution in [0, 0.1) is 11.3 Å². The molecule has 0 aliphatic rings. The number of nitrogens with one attached hydrogen (secondary N) is 1. The van der Waals surface area contributed by atoms with E-state index < -0.39 is 5.69 Å². The number of aromatic nitrogens is 2. The third-order valence-corrected chi connectivity index (χ3v) is 2.26. The van der Waals surface area contributed by atoms with Gasteiger partial charge in [-0.25, -0.2) is 4.79 Å². The van der Waals surface area contributed by atoms with E-state index >= 15 is 0 Å². The number of aromatic amines is 1. The Bertz CT molecular complexity index is 623. The zero-order valence-electron chi connectivity index (χ0n) is 9.10. The summed E-state index contributed by atoms with van der Waals surface area (Å²) >= 11 is 0. The number of hydrogen-bond donors (Lipinski definition) is 1. The van der Waals surface area contributed by atoms with Crippen LogP contribution in [-0.2, 0) is 0 Å². The Morgan fingerprint density at radius 1 is 1.35 bits per heavy atom. The molecule has 0 amide bonds. The van der Waals surface area contributed by atoms with Gasteiger partial charge in [0.2, 0.25) is 0 Å². The summed E-state index contributed by atoms with van der Waals surface area (Å²) in [7, 11) is 1.58. The smallest absolute Gasteiger partial charge is 0.346 e. The molecule has 5 nitrogen and oxygen atoms in total. The number of methoxy groups -OCH3 is 1. The summed E-state index contributed by atoms with van der Waals surface area (Å²) in [5, 5.41) is 8.73. The van der Waals surface area contributed by atoms with Crippen molar-refractivity contribution in [3.8, 4) is 23.1 Å². The van der Waals surface area contributed by atoms with E-state index in [0.717, 1.165) is 11.3 Å². The fourth-order valence-corrected chi connectivity index (χ4v) is 1.44. The first-order chi connectivity index (χ1) is 8.22. The van der Waals surface area contributed by atoms with E-state index in [1.807, 2.05) is 6.07 Å². The van der Waals surface area contributed by atoms with Crippen LogP contribution in [0.25, 0.3) is 11.3 Å². The van der Waals surface area contributed by atoms with Gasteiger partial charge >= 0.3 is 5.69 Å². The molecule has 1 heterocycles. The van der Waals surface area contributed by atoms with Gasteiger partial charge in [-0.2, -0.15) is 10.2 Å². The maximum atomic E-state index is 11.2. The van der Waals surface area contributed by atoms with Crippen molar-refractivity contribution in [2.75, 3.05) is 7.11 Å². The molecule has 0 radical (unpaired) electrons. The fraction of sp³-hybridized carbons (Fsp3) is 0.0833. The number of nitriles is 1. The quantitative estimate of drug-likeness (QED) is 0.839. The van der Waals surface area contributed by atoms with Crippen molar-refractivity contribution < 1.29 is 4.74 Å². The van der Waals surface area contributed by atoms with Crippen LogP contribution in [0.15, 0.2) is 35.1 Å². The molecule has 0 spiro atoms. The SMILES string of the molecule is COc1ccc(-c2cc(C#N)nc(=O)[nH]2)cc1. The minimum atomic E-state index is -0.533. The first kappa shape index (κ1) is 10.9. The first-order valence-corrected chi connectivity index (χ1v) is 4.89. The van der Waals surface area contributed by atoms with Crippen LogP contribution in [0.5, 0.6) is 5.75 Å². The average Bonchev–Trinajstić information content (AvgIpc) is 2.38. The number of benzene rings is 1. The number of ether oxygens (including phenoxy) is 1. The van der Waals surface area contributed by atoms with Gasteiger partial charge in [0.15, 0.2) is 0 Å². The van der Waals surface area contributed by atoms with Gasteiger partial charge in [0.05, 0.1) is 12.8 Å². The molecule has 1 aromatic carbocycles. The van der Waals surface area contributed by atoms with Crippen molar-refractivity contribution in [2.45, 2.75) is 0 Å². The van der Waals surface area contributed by atoms with Crippen LogP contribution in [-0.4, -0.2) is 17.1 Å². The molecule has 0 aliphatic carbocycles. The Balaban J connectivity index is 2.49. The van der Waals surface area contributed by atoms with Gasteiger partial charge in [-0.15, -0.1) is 0 Å². The zero-order valence-corrected chi connectivity index (χ0v) is 9.10. The Kier molecular flexibility index (Phi) is 2.88. The molecule has 0 atom stereocenters. The van der Waals surface area contributed by atoms with Crippen LogP contribution < -0.4 is 10.4 Å². The third-order valence-electron chi connectivity index (χ3n) is 2.26. The molecular formula is C12H9N3O2. The fourth-order valence-electron chi connectivity index (χ4n) is 1.44. The van der Waals surface area contributed by atoms with Crippen LogP contribution in [0.1, 0.15) is 5.69 Å². The summed E-state index contributed by atoms with van der Waals surface area (Å²) in [5.41, 5.74) is 0.917. The van der Waals surface area contributed by atoms with E-state index in [4.69, 9.17) is 10.00 Å². The van der Waals surface area contributed by atoms with Crippen LogP contribution in [0.2, 0.25) is 0 Å². The van der Waals surface area contributed by atoms with Crippen LogP contribution in [0.4, 0.5) is 0 Å². The maximum Gasteiger partial charge on any atom is 0.346 e. The van der Waals surface area contributed by atoms with Crippen LogP contribution in [0.3, 0.4) is 0 Å². The highest BCUT2D eigenvalue weighted by molar-refractivity contribution is 5.60. The molecule has 2 rings (SSSR count). The molecule has 0 aliphatic heterocycles. The van der Waals surface area contributed by atoms with E-state index in [1.54, 1.807) is 31.4 Å². The Morgan fingerprint density at radius 3 is 2.65 bits per heavy atom. The van der Waals surface area contributed by atoms with E-state index in [9.17, 15) is 4.79 Å². The van der Waals surface area contributed by atoms with Crippen molar-refractivity contribution in [3.63, 3.8) is 0 Å². The second kappa shape index (κ2) is 4.49. The molecule has 0 fully saturated rings. The Labute approximate surface area is 97.3 Å². The maximum absolute atomic E-state index is 11.2. The normalized spacial score (nSPS) is 9.65. The summed E-state index contributed by atoms with van der Waals surface area (Å²) in [6.45, 7) is 0. The summed E-state index contributed by atoms with van der Waals surface area (Å²) in [6.07, 6.45) is 0. The lowest BCUT2D eigenvalue weighted by molar-refractivity contribution is 0.415. The molecule has 0 bridgehead atoms. The summed E-state index contributed by atoms with van der Waals surface area (Å²) in [6, 6.07) is 10.5.